The highest BCUT2D eigenvalue weighted by Crippen LogP contribution is 2.36. The van der Waals surface area contributed by atoms with Crippen LogP contribution in [-0.2, 0) is 10.8 Å². The van der Waals surface area contributed by atoms with E-state index in [1.165, 1.54) is 10.8 Å². The van der Waals surface area contributed by atoms with Crippen LogP contribution in [0.2, 0.25) is 0 Å². The van der Waals surface area contributed by atoms with E-state index < -0.39 is 10.8 Å². The third kappa shape index (κ3) is 2.58. The monoisotopic (exact) mass is 402 g/mol. The summed E-state index contributed by atoms with van der Waals surface area (Å²) < 4.78 is 14.1. The van der Waals surface area contributed by atoms with E-state index in [-0.39, 0.29) is 0 Å². The normalized spacial score (nSPS) is 11.8. The Morgan fingerprint density at radius 1 is 0.400 bits per heavy atom. The molecule has 0 saturated carbocycles. The van der Waals surface area contributed by atoms with Crippen molar-refractivity contribution in [3.05, 3.63) is 109 Å². The van der Waals surface area contributed by atoms with E-state index in [1.54, 1.807) is 0 Å². The molecule has 0 fully saturated rings. The second-order valence-electron chi connectivity index (χ2n) is 7.55. The van der Waals surface area contributed by atoms with Gasteiger partial charge in [-0.25, -0.2) is 4.21 Å². The Labute approximate surface area is 177 Å². The largest absolute Gasteiger partial charge is 0.249 e. The topological polar surface area (TPSA) is 17.1 Å². The first kappa shape index (κ1) is 17.4. The van der Waals surface area contributed by atoms with E-state index in [0.717, 1.165) is 42.1 Å². The van der Waals surface area contributed by atoms with Crippen LogP contribution in [0.5, 0.6) is 0 Å². The predicted octanol–water partition coefficient (Wildman–Crippen LogP) is 7.47. The van der Waals surface area contributed by atoms with Crippen molar-refractivity contribution in [3.63, 3.8) is 0 Å². The molecule has 0 aliphatic rings. The molecule has 1 nitrogen and oxygen atoms in total. The molecule has 0 atom stereocenters. The molecule has 0 saturated heterocycles. The Bertz CT molecular complexity index is 1490. The van der Waals surface area contributed by atoms with Gasteiger partial charge in [0.15, 0.2) is 0 Å². The van der Waals surface area contributed by atoms with Crippen LogP contribution in [-0.4, -0.2) is 4.21 Å². The average molecular weight is 403 g/mol. The van der Waals surface area contributed by atoms with Gasteiger partial charge in [0.1, 0.15) is 0 Å². The Morgan fingerprint density at radius 2 is 0.733 bits per heavy atom. The molecule has 0 unspecified atom stereocenters. The lowest BCUT2D eigenvalue weighted by molar-refractivity contribution is 0.684. The molecule has 0 amide bonds. The standard InChI is InChI=1S/C28H18OS/c29-30(27-17-19-9-1-3-11-21(19)23-13-5-7-15-25(23)27)28-18-20-10-2-4-12-22(20)24-14-6-8-16-26(24)28/h1-18H. The zero-order valence-electron chi connectivity index (χ0n) is 16.2. The number of hydrogen-bond donors (Lipinski definition) is 0. The molecule has 0 aromatic heterocycles. The summed E-state index contributed by atoms with van der Waals surface area (Å²) in [5, 5.41) is 9.00. The second kappa shape index (κ2) is 6.79. The van der Waals surface area contributed by atoms with Crippen molar-refractivity contribution in [2.45, 2.75) is 9.79 Å². The fourth-order valence-electron chi connectivity index (χ4n) is 4.47. The summed E-state index contributed by atoms with van der Waals surface area (Å²) in [5.41, 5.74) is 0. The molecule has 6 aromatic carbocycles. The number of hydrogen-bond acceptors (Lipinski definition) is 1. The van der Waals surface area contributed by atoms with Gasteiger partial charge in [0.05, 0.1) is 20.6 Å². The lowest BCUT2D eigenvalue weighted by Gasteiger charge is -2.13. The van der Waals surface area contributed by atoms with E-state index >= 15 is 0 Å². The summed E-state index contributed by atoms with van der Waals surface area (Å²) in [4.78, 5) is 1.73. The first-order valence-electron chi connectivity index (χ1n) is 10.0. The molecule has 0 heterocycles. The summed E-state index contributed by atoms with van der Waals surface area (Å²) in [6, 6.07) is 37.4. The van der Waals surface area contributed by atoms with Crippen molar-refractivity contribution in [1.29, 1.82) is 0 Å². The minimum absolute atomic E-state index is 0.865. The van der Waals surface area contributed by atoms with Gasteiger partial charge in [0.2, 0.25) is 0 Å². The molecule has 0 aliphatic carbocycles. The number of fused-ring (bicyclic) bond motifs is 6. The molecular formula is C28H18OS. The molecule has 142 valence electrons. The van der Waals surface area contributed by atoms with Gasteiger partial charge in [-0.05, 0) is 55.2 Å². The molecule has 6 rings (SSSR count). The lowest BCUT2D eigenvalue weighted by Crippen LogP contribution is -1.97. The fourth-order valence-corrected chi connectivity index (χ4v) is 5.93. The smallest absolute Gasteiger partial charge is 0.0862 e. The van der Waals surface area contributed by atoms with Gasteiger partial charge < -0.3 is 0 Å². The molecule has 2 heteroatoms. The molecule has 0 spiro atoms. The quantitative estimate of drug-likeness (QED) is 0.275. The van der Waals surface area contributed by atoms with E-state index in [4.69, 9.17) is 0 Å². The number of benzene rings is 6. The van der Waals surface area contributed by atoms with Gasteiger partial charge in [-0.1, -0.05) is 97.1 Å². The summed E-state index contributed by atoms with van der Waals surface area (Å²) in [5.74, 6) is 0. The first-order valence-corrected chi connectivity index (χ1v) is 11.2. The van der Waals surface area contributed by atoms with Gasteiger partial charge in [-0.15, -0.1) is 0 Å². The van der Waals surface area contributed by atoms with Crippen LogP contribution in [0.4, 0.5) is 0 Å². The average Bonchev–Trinajstić information content (AvgIpc) is 2.82. The molecule has 6 aromatic rings. The molecule has 30 heavy (non-hydrogen) atoms. The van der Waals surface area contributed by atoms with Crippen molar-refractivity contribution in [2.24, 2.45) is 0 Å². The zero-order valence-corrected chi connectivity index (χ0v) is 17.0. The van der Waals surface area contributed by atoms with Crippen LogP contribution < -0.4 is 0 Å². The lowest BCUT2D eigenvalue weighted by atomic mass is 10.0. The second-order valence-corrected chi connectivity index (χ2v) is 8.97. The first-order chi connectivity index (χ1) is 14.8. The number of rotatable bonds is 2. The third-order valence-electron chi connectivity index (χ3n) is 5.86. The highest BCUT2D eigenvalue weighted by Gasteiger charge is 2.17. The molecule has 0 radical (unpaired) electrons. The van der Waals surface area contributed by atoms with Gasteiger partial charge in [0, 0.05) is 0 Å². The van der Waals surface area contributed by atoms with Crippen molar-refractivity contribution >= 4 is 53.9 Å². The van der Waals surface area contributed by atoms with E-state index in [2.05, 4.69) is 72.8 Å². The molecule has 0 bridgehead atoms. The maximum atomic E-state index is 14.1. The third-order valence-corrected chi connectivity index (χ3v) is 7.33. The summed E-state index contributed by atoms with van der Waals surface area (Å²) >= 11 is 0. The Morgan fingerprint density at radius 3 is 1.17 bits per heavy atom. The Kier molecular flexibility index (Phi) is 3.93. The SMILES string of the molecule is O=S(c1cc2ccccc2c2ccccc12)c1cc2ccccc2c2ccccc12. The van der Waals surface area contributed by atoms with Crippen molar-refractivity contribution in [1.82, 2.24) is 0 Å². The Balaban J connectivity index is 1.70. The van der Waals surface area contributed by atoms with Gasteiger partial charge in [0.25, 0.3) is 0 Å². The minimum Gasteiger partial charge on any atom is -0.249 e. The molecular weight excluding hydrogens is 384 g/mol. The van der Waals surface area contributed by atoms with Crippen LogP contribution in [0.15, 0.2) is 119 Å². The van der Waals surface area contributed by atoms with Crippen LogP contribution in [0.1, 0.15) is 0 Å². The van der Waals surface area contributed by atoms with Crippen molar-refractivity contribution in [3.8, 4) is 0 Å². The van der Waals surface area contributed by atoms with Gasteiger partial charge >= 0.3 is 0 Å². The van der Waals surface area contributed by atoms with E-state index in [1.807, 2.05) is 36.4 Å². The minimum atomic E-state index is -1.31. The van der Waals surface area contributed by atoms with Crippen LogP contribution in [0.25, 0.3) is 43.1 Å². The summed E-state index contributed by atoms with van der Waals surface area (Å²) in [7, 11) is -1.31. The van der Waals surface area contributed by atoms with Crippen LogP contribution in [0, 0.1) is 0 Å². The summed E-state index contributed by atoms with van der Waals surface area (Å²) in [6.07, 6.45) is 0. The fraction of sp³-hybridized carbons (Fsp3) is 0. The maximum Gasteiger partial charge on any atom is 0.0862 e. The Hall–Kier alpha value is -3.49. The van der Waals surface area contributed by atoms with E-state index in [0.29, 0.717) is 0 Å². The maximum absolute atomic E-state index is 14.1. The summed E-state index contributed by atoms with van der Waals surface area (Å²) in [6.45, 7) is 0. The van der Waals surface area contributed by atoms with Gasteiger partial charge in [-0.2, -0.15) is 0 Å². The van der Waals surface area contributed by atoms with Gasteiger partial charge in [-0.3, -0.25) is 0 Å². The van der Waals surface area contributed by atoms with Crippen LogP contribution in [0.3, 0.4) is 0 Å². The molecule has 0 aliphatic heterocycles. The van der Waals surface area contributed by atoms with Crippen molar-refractivity contribution in [2.75, 3.05) is 0 Å². The van der Waals surface area contributed by atoms with E-state index in [9.17, 15) is 4.21 Å². The zero-order chi connectivity index (χ0) is 20.1. The highest BCUT2D eigenvalue weighted by molar-refractivity contribution is 7.85. The van der Waals surface area contributed by atoms with Crippen molar-refractivity contribution < 1.29 is 4.21 Å². The highest BCUT2D eigenvalue weighted by atomic mass is 32.2. The predicted molar refractivity (Wildman–Crippen MR) is 128 cm³/mol. The molecule has 0 N–H and O–H groups in total. The van der Waals surface area contributed by atoms with Crippen LogP contribution >= 0.6 is 0 Å².